The van der Waals surface area contributed by atoms with Crippen LogP contribution in [0.15, 0.2) is 18.2 Å². The van der Waals surface area contributed by atoms with E-state index in [0.29, 0.717) is 43.3 Å². The van der Waals surface area contributed by atoms with E-state index in [1.165, 1.54) is 0 Å². The molecule has 0 unspecified atom stereocenters. The van der Waals surface area contributed by atoms with Crippen LogP contribution in [0.1, 0.15) is 23.2 Å². The molecule has 7 nitrogen and oxygen atoms in total. The number of carbonyl (C=O) groups excluding carboxylic acids is 2. The van der Waals surface area contributed by atoms with Crippen LogP contribution < -0.4 is 9.47 Å². The highest BCUT2D eigenvalue weighted by Gasteiger charge is 2.33. The molecule has 2 aliphatic rings. The van der Waals surface area contributed by atoms with E-state index in [1.807, 2.05) is 4.90 Å². The van der Waals surface area contributed by atoms with Crippen molar-refractivity contribution in [1.29, 1.82) is 0 Å². The van der Waals surface area contributed by atoms with Gasteiger partial charge in [-0.3, -0.25) is 4.79 Å². The number of ether oxygens (including phenoxy) is 3. The van der Waals surface area contributed by atoms with E-state index in [9.17, 15) is 9.59 Å². The normalized spacial score (nSPS) is 18.5. The van der Waals surface area contributed by atoms with Crippen molar-refractivity contribution in [3.63, 3.8) is 0 Å². The minimum absolute atomic E-state index is 0.0293. The number of nitrogens with zero attached hydrogens (tertiary/aromatic N) is 2. The minimum Gasteiger partial charge on any atom is -0.493 e. The molecular weight excluding hydrogens is 312 g/mol. The molecule has 0 atom stereocenters. The molecule has 2 fully saturated rings. The first-order valence-corrected chi connectivity index (χ1v) is 8.08. The van der Waals surface area contributed by atoms with E-state index < -0.39 is 0 Å². The van der Waals surface area contributed by atoms with Crippen molar-refractivity contribution in [1.82, 2.24) is 9.80 Å². The fraction of sp³-hybridized carbons (Fsp3) is 0.529. The van der Waals surface area contributed by atoms with Gasteiger partial charge < -0.3 is 24.0 Å². The van der Waals surface area contributed by atoms with E-state index in [-0.39, 0.29) is 18.0 Å². The van der Waals surface area contributed by atoms with Gasteiger partial charge in [-0.05, 0) is 31.0 Å². The van der Waals surface area contributed by atoms with Gasteiger partial charge in [0.05, 0.1) is 20.8 Å². The SMILES string of the molecule is COc1ccc(C(=O)N2CCC(N3CCOC3=O)CC2)cc1OC. The zero-order valence-corrected chi connectivity index (χ0v) is 14.0. The third-order valence-corrected chi connectivity index (χ3v) is 4.62. The van der Waals surface area contributed by atoms with Crippen LogP contribution in [0.2, 0.25) is 0 Å². The summed E-state index contributed by atoms with van der Waals surface area (Å²) in [5.41, 5.74) is 0.576. The topological polar surface area (TPSA) is 68.3 Å². The highest BCUT2D eigenvalue weighted by molar-refractivity contribution is 5.95. The number of piperidine rings is 1. The second kappa shape index (κ2) is 6.98. The third kappa shape index (κ3) is 3.11. The number of amides is 2. The highest BCUT2D eigenvalue weighted by atomic mass is 16.6. The van der Waals surface area contributed by atoms with Gasteiger partial charge in [-0.15, -0.1) is 0 Å². The van der Waals surface area contributed by atoms with E-state index in [2.05, 4.69) is 0 Å². The number of methoxy groups -OCH3 is 2. The number of cyclic esters (lactones) is 1. The lowest BCUT2D eigenvalue weighted by Gasteiger charge is -2.35. The van der Waals surface area contributed by atoms with Gasteiger partial charge in [0.1, 0.15) is 6.61 Å². The number of benzene rings is 1. The van der Waals surface area contributed by atoms with E-state index in [4.69, 9.17) is 14.2 Å². The molecule has 0 saturated carbocycles. The molecule has 0 aromatic heterocycles. The molecule has 7 heteroatoms. The second-order valence-corrected chi connectivity index (χ2v) is 5.90. The van der Waals surface area contributed by atoms with Crippen LogP contribution >= 0.6 is 0 Å². The average Bonchev–Trinajstić information content (AvgIpc) is 3.06. The Morgan fingerprint density at radius 1 is 1.12 bits per heavy atom. The molecule has 0 radical (unpaired) electrons. The summed E-state index contributed by atoms with van der Waals surface area (Å²) in [6, 6.07) is 5.34. The monoisotopic (exact) mass is 334 g/mol. The molecule has 2 aliphatic heterocycles. The Morgan fingerprint density at radius 2 is 1.83 bits per heavy atom. The molecule has 1 aromatic rings. The molecule has 2 amide bonds. The smallest absolute Gasteiger partial charge is 0.410 e. The van der Waals surface area contributed by atoms with E-state index in [0.717, 1.165) is 12.8 Å². The van der Waals surface area contributed by atoms with Crippen molar-refractivity contribution < 1.29 is 23.8 Å². The zero-order chi connectivity index (χ0) is 17.1. The third-order valence-electron chi connectivity index (χ3n) is 4.62. The lowest BCUT2D eigenvalue weighted by Crippen LogP contribution is -2.47. The fourth-order valence-corrected chi connectivity index (χ4v) is 3.27. The molecule has 2 saturated heterocycles. The molecule has 0 bridgehead atoms. The van der Waals surface area contributed by atoms with Gasteiger partial charge in [0.25, 0.3) is 5.91 Å². The fourth-order valence-electron chi connectivity index (χ4n) is 3.27. The summed E-state index contributed by atoms with van der Waals surface area (Å²) in [5, 5.41) is 0. The van der Waals surface area contributed by atoms with Crippen LogP contribution in [-0.2, 0) is 4.74 Å². The molecule has 0 aliphatic carbocycles. The summed E-state index contributed by atoms with van der Waals surface area (Å²) in [7, 11) is 3.11. The van der Waals surface area contributed by atoms with Crippen LogP contribution in [0.25, 0.3) is 0 Å². The number of likely N-dealkylation sites (tertiary alicyclic amines) is 1. The van der Waals surface area contributed by atoms with Crippen LogP contribution in [0.5, 0.6) is 11.5 Å². The predicted octanol–water partition coefficient (Wildman–Crippen LogP) is 1.76. The Hall–Kier alpha value is -2.44. The molecule has 130 valence electrons. The summed E-state index contributed by atoms with van der Waals surface area (Å²) in [6.07, 6.45) is 1.31. The van der Waals surface area contributed by atoms with Crippen molar-refractivity contribution in [2.75, 3.05) is 40.5 Å². The van der Waals surface area contributed by atoms with Crippen molar-refractivity contribution in [3.8, 4) is 11.5 Å². The van der Waals surface area contributed by atoms with Crippen molar-refractivity contribution in [2.24, 2.45) is 0 Å². The first-order valence-electron chi connectivity index (χ1n) is 8.08. The van der Waals surface area contributed by atoms with Gasteiger partial charge >= 0.3 is 6.09 Å². The molecule has 1 aromatic carbocycles. The number of hydrogen-bond donors (Lipinski definition) is 0. The Balaban J connectivity index is 1.64. The van der Waals surface area contributed by atoms with Crippen molar-refractivity contribution >= 4 is 12.0 Å². The number of rotatable bonds is 4. The largest absolute Gasteiger partial charge is 0.493 e. The average molecular weight is 334 g/mol. The Kier molecular flexibility index (Phi) is 4.78. The Morgan fingerprint density at radius 3 is 2.42 bits per heavy atom. The number of hydrogen-bond acceptors (Lipinski definition) is 5. The lowest BCUT2D eigenvalue weighted by atomic mass is 10.0. The van der Waals surface area contributed by atoms with E-state index >= 15 is 0 Å². The quantitative estimate of drug-likeness (QED) is 0.839. The van der Waals surface area contributed by atoms with Crippen LogP contribution in [0.3, 0.4) is 0 Å². The highest BCUT2D eigenvalue weighted by Crippen LogP contribution is 2.29. The Labute approximate surface area is 141 Å². The van der Waals surface area contributed by atoms with Crippen molar-refractivity contribution in [2.45, 2.75) is 18.9 Å². The maximum atomic E-state index is 12.7. The predicted molar refractivity (Wildman–Crippen MR) is 86.5 cm³/mol. The number of carbonyl (C=O) groups is 2. The second-order valence-electron chi connectivity index (χ2n) is 5.90. The van der Waals surface area contributed by atoms with Crippen molar-refractivity contribution in [3.05, 3.63) is 23.8 Å². The first kappa shape index (κ1) is 16.4. The molecule has 2 heterocycles. The molecular formula is C17H22N2O5. The zero-order valence-electron chi connectivity index (χ0n) is 14.0. The molecule has 0 spiro atoms. The van der Waals surface area contributed by atoms with Gasteiger partial charge in [0.2, 0.25) is 0 Å². The van der Waals surface area contributed by atoms with E-state index in [1.54, 1.807) is 37.3 Å². The Bertz CT molecular complexity index is 625. The van der Waals surface area contributed by atoms with Gasteiger partial charge in [0, 0.05) is 24.7 Å². The minimum atomic E-state index is -0.236. The summed E-state index contributed by atoms with van der Waals surface area (Å²) in [6.45, 7) is 2.36. The van der Waals surface area contributed by atoms with Gasteiger partial charge in [-0.25, -0.2) is 4.79 Å². The molecule has 24 heavy (non-hydrogen) atoms. The summed E-state index contributed by atoms with van der Waals surface area (Å²) in [4.78, 5) is 27.9. The van der Waals surface area contributed by atoms with Gasteiger partial charge in [-0.1, -0.05) is 0 Å². The van der Waals surface area contributed by atoms with Crippen LogP contribution in [0, 0.1) is 0 Å². The lowest BCUT2D eigenvalue weighted by molar-refractivity contribution is 0.0658. The summed E-state index contributed by atoms with van der Waals surface area (Å²) < 4.78 is 15.4. The first-order chi connectivity index (χ1) is 11.6. The summed E-state index contributed by atoms with van der Waals surface area (Å²) >= 11 is 0. The molecule has 0 N–H and O–H groups in total. The summed E-state index contributed by atoms with van der Waals surface area (Å²) in [5.74, 6) is 1.11. The van der Waals surface area contributed by atoms with Gasteiger partial charge in [0.15, 0.2) is 11.5 Å². The maximum absolute atomic E-state index is 12.7. The maximum Gasteiger partial charge on any atom is 0.410 e. The standard InChI is InChI=1S/C17H22N2O5/c1-22-14-4-3-12(11-15(14)23-2)16(20)18-7-5-13(6-8-18)19-9-10-24-17(19)21/h3-4,11,13H,5-10H2,1-2H3. The van der Waals surface area contributed by atoms with Crippen LogP contribution in [0.4, 0.5) is 4.79 Å². The van der Waals surface area contributed by atoms with Gasteiger partial charge in [-0.2, -0.15) is 0 Å². The molecule has 3 rings (SSSR count). The van der Waals surface area contributed by atoms with Crippen LogP contribution in [-0.4, -0.2) is 68.3 Å².